The first kappa shape index (κ1) is 18.1. The summed E-state index contributed by atoms with van der Waals surface area (Å²) >= 11 is 0. The molecule has 1 heterocycles. The van der Waals surface area contributed by atoms with Crippen LogP contribution in [-0.4, -0.2) is 19.2 Å². The van der Waals surface area contributed by atoms with Gasteiger partial charge in [0, 0.05) is 5.56 Å². The van der Waals surface area contributed by atoms with Crippen molar-refractivity contribution in [2.24, 2.45) is 0 Å². The topological polar surface area (TPSA) is 44.5 Å². The van der Waals surface area contributed by atoms with Crippen LogP contribution in [0.3, 0.4) is 0 Å². The molecular formula is C24H23NO3. The molecule has 0 spiro atoms. The molecule has 1 aromatic heterocycles. The number of methoxy groups -OCH3 is 2. The van der Waals surface area contributed by atoms with Crippen molar-refractivity contribution in [3.8, 4) is 34.1 Å². The maximum Gasteiger partial charge on any atom is 0.227 e. The van der Waals surface area contributed by atoms with Crippen LogP contribution in [0, 0.1) is 20.8 Å². The van der Waals surface area contributed by atoms with Crippen LogP contribution in [0.15, 0.2) is 52.9 Å². The Morgan fingerprint density at radius 2 is 1.50 bits per heavy atom. The minimum atomic E-state index is 0.620. The molecule has 28 heavy (non-hydrogen) atoms. The molecule has 4 aromatic rings. The third-order valence-corrected chi connectivity index (χ3v) is 5.05. The molecule has 0 radical (unpaired) electrons. The van der Waals surface area contributed by atoms with E-state index in [0.29, 0.717) is 5.89 Å². The number of aromatic nitrogens is 1. The first-order valence-electron chi connectivity index (χ1n) is 9.21. The highest BCUT2D eigenvalue weighted by molar-refractivity contribution is 5.83. The van der Waals surface area contributed by atoms with E-state index in [9.17, 15) is 0 Å². The normalized spacial score (nSPS) is 11.0. The van der Waals surface area contributed by atoms with Crippen LogP contribution in [0.1, 0.15) is 16.7 Å². The van der Waals surface area contributed by atoms with Gasteiger partial charge in [0.2, 0.25) is 5.89 Å². The molecule has 4 nitrogen and oxygen atoms in total. The van der Waals surface area contributed by atoms with Crippen molar-refractivity contribution in [2.75, 3.05) is 14.2 Å². The first-order chi connectivity index (χ1) is 13.5. The summed E-state index contributed by atoms with van der Waals surface area (Å²) in [4.78, 5) is 4.67. The Kier molecular flexibility index (Phi) is 4.55. The van der Waals surface area contributed by atoms with E-state index in [1.807, 2.05) is 37.3 Å². The van der Waals surface area contributed by atoms with E-state index in [1.165, 1.54) is 0 Å². The number of aryl methyl sites for hydroxylation is 3. The molecule has 0 N–H and O–H groups in total. The van der Waals surface area contributed by atoms with Gasteiger partial charge in [0.05, 0.1) is 14.2 Å². The highest BCUT2D eigenvalue weighted by atomic mass is 16.5. The van der Waals surface area contributed by atoms with Gasteiger partial charge >= 0.3 is 0 Å². The summed E-state index contributed by atoms with van der Waals surface area (Å²) in [6.07, 6.45) is 0. The molecule has 0 saturated heterocycles. The van der Waals surface area contributed by atoms with Crippen molar-refractivity contribution in [1.29, 1.82) is 0 Å². The minimum absolute atomic E-state index is 0.620. The number of hydrogen-bond donors (Lipinski definition) is 0. The van der Waals surface area contributed by atoms with E-state index in [1.54, 1.807) is 14.2 Å². The van der Waals surface area contributed by atoms with E-state index >= 15 is 0 Å². The van der Waals surface area contributed by atoms with Gasteiger partial charge in [-0.25, -0.2) is 4.98 Å². The van der Waals surface area contributed by atoms with Crippen LogP contribution in [0.5, 0.6) is 11.5 Å². The van der Waals surface area contributed by atoms with Crippen LogP contribution >= 0.6 is 0 Å². The van der Waals surface area contributed by atoms with Crippen molar-refractivity contribution in [1.82, 2.24) is 4.98 Å². The van der Waals surface area contributed by atoms with Crippen LogP contribution in [-0.2, 0) is 0 Å². The predicted octanol–water partition coefficient (Wildman–Crippen LogP) is 6.10. The highest BCUT2D eigenvalue weighted by Gasteiger charge is 2.13. The molecule has 0 bridgehead atoms. The second-order valence-corrected chi connectivity index (χ2v) is 7.03. The minimum Gasteiger partial charge on any atom is -0.497 e. The third-order valence-electron chi connectivity index (χ3n) is 5.05. The lowest BCUT2D eigenvalue weighted by Gasteiger charge is -2.11. The van der Waals surface area contributed by atoms with Crippen molar-refractivity contribution in [2.45, 2.75) is 20.8 Å². The number of hydrogen-bond acceptors (Lipinski definition) is 4. The Labute approximate surface area is 164 Å². The number of benzene rings is 3. The lowest BCUT2D eigenvalue weighted by atomic mass is 9.99. The Morgan fingerprint density at radius 1 is 0.750 bits per heavy atom. The number of fused-ring (bicyclic) bond motifs is 1. The molecule has 4 rings (SSSR count). The molecule has 3 aromatic carbocycles. The summed E-state index contributed by atoms with van der Waals surface area (Å²) in [5.41, 5.74) is 8.10. The summed E-state index contributed by atoms with van der Waals surface area (Å²) in [7, 11) is 3.37. The lowest BCUT2D eigenvalue weighted by molar-refractivity contribution is 0.408. The molecule has 4 heteroatoms. The van der Waals surface area contributed by atoms with Gasteiger partial charge in [-0.05, 0) is 91.1 Å². The van der Waals surface area contributed by atoms with Gasteiger partial charge in [-0.2, -0.15) is 0 Å². The van der Waals surface area contributed by atoms with Gasteiger partial charge in [-0.15, -0.1) is 0 Å². The van der Waals surface area contributed by atoms with Gasteiger partial charge < -0.3 is 13.9 Å². The molecular weight excluding hydrogens is 350 g/mol. The van der Waals surface area contributed by atoms with Crippen molar-refractivity contribution >= 4 is 11.1 Å². The standard InChI is InChI=1S/C24H23NO3/c1-14-12-19(26-4)7-8-20(14)24-25-21-9-6-17(13-22(21)28-24)18-10-15(2)23(27-5)16(3)11-18/h6-13H,1-5H3. The van der Waals surface area contributed by atoms with E-state index in [0.717, 1.165) is 56.0 Å². The SMILES string of the molecule is COc1ccc(-c2nc3ccc(-c4cc(C)c(OC)c(C)c4)cc3o2)c(C)c1. The average Bonchev–Trinajstić information content (AvgIpc) is 3.10. The molecule has 0 aliphatic heterocycles. The largest absolute Gasteiger partial charge is 0.497 e. The Bertz CT molecular complexity index is 1150. The fourth-order valence-electron chi connectivity index (χ4n) is 3.66. The average molecular weight is 373 g/mol. The Morgan fingerprint density at radius 3 is 2.14 bits per heavy atom. The van der Waals surface area contributed by atoms with Gasteiger partial charge in [-0.3, -0.25) is 0 Å². The number of rotatable bonds is 4. The predicted molar refractivity (Wildman–Crippen MR) is 112 cm³/mol. The lowest BCUT2D eigenvalue weighted by Crippen LogP contribution is -1.92. The fourth-order valence-corrected chi connectivity index (χ4v) is 3.66. The number of nitrogens with zero attached hydrogens (tertiary/aromatic N) is 1. The van der Waals surface area contributed by atoms with Crippen LogP contribution in [0.25, 0.3) is 33.7 Å². The maximum absolute atomic E-state index is 6.10. The monoisotopic (exact) mass is 373 g/mol. The van der Waals surface area contributed by atoms with Crippen LogP contribution in [0.4, 0.5) is 0 Å². The molecule has 0 atom stereocenters. The molecule has 0 saturated carbocycles. The third kappa shape index (κ3) is 3.11. The van der Waals surface area contributed by atoms with E-state index in [4.69, 9.17) is 13.9 Å². The van der Waals surface area contributed by atoms with Crippen LogP contribution in [0.2, 0.25) is 0 Å². The van der Waals surface area contributed by atoms with Gasteiger partial charge in [-0.1, -0.05) is 6.07 Å². The van der Waals surface area contributed by atoms with E-state index in [-0.39, 0.29) is 0 Å². The highest BCUT2D eigenvalue weighted by Crippen LogP contribution is 2.33. The Hall–Kier alpha value is -3.27. The van der Waals surface area contributed by atoms with E-state index in [2.05, 4.69) is 37.0 Å². The van der Waals surface area contributed by atoms with E-state index < -0.39 is 0 Å². The summed E-state index contributed by atoms with van der Waals surface area (Å²) in [6, 6.07) is 16.3. The second kappa shape index (κ2) is 7.04. The molecule has 0 amide bonds. The number of ether oxygens (including phenoxy) is 2. The molecule has 0 fully saturated rings. The molecule has 0 aliphatic carbocycles. The van der Waals surface area contributed by atoms with Crippen molar-refractivity contribution in [3.63, 3.8) is 0 Å². The second-order valence-electron chi connectivity index (χ2n) is 7.03. The zero-order valence-corrected chi connectivity index (χ0v) is 16.8. The van der Waals surface area contributed by atoms with Crippen molar-refractivity contribution < 1.29 is 13.9 Å². The maximum atomic E-state index is 6.10. The molecule has 0 unspecified atom stereocenters. The zero-order chi connectivity index (χ0) is 19.8. The quantitative estimate of drug-likeness (QED) is 0.433. The summed E-state index contributed by atoms with van der Waals surface area (Å²) in [6.45, 7) is 6.15. The smallest absolute Gasteiger partial charge is 0.227 e. The van der Waals surface area contributed by atoms with Crippen LogP contribution < -0.4 is 9.47 Å². The van der Waals surface area contributed by atoms with Gasteiger partial charge in [0.15, 0.2) is 5.58 Å². The first-order valence-corrected chi connectivity index (χ1v) is 9.21. The summed E-state index contributed by atoms with van der Waals surface area (Å²) < 4.78 is 16.9. The summed E-state index contributed by atoms with van der Waals surface area (Å²) in [5, 5.41) is 0. The fraction of sp³-hybridized carbons (Fsp3) is 0.208. The molecule has 142 valence electrons. The number of oxazole rings is 1. The van der Waals surface area contributed by atoms with Crippen molar-refractivity contribution in [3.05, 3.63) is 65.2 Å². The van der Waals surface area contributed by atoms with Gasteiger partial charge in [0.25, 0.3) is 0 Å². The Balaban J connectivity index is 1.77. The van der Waals surface area contributed by atoms with Gasteiger partial charge in [0.1, 0.15) is 17.0 Å². The molecule has 0 aliphatic rings. The zero-order valence-electron chi connectivity index (χ0n) is 16.8. The summed E-state index contributed by atoms with van der Waals surface area (Å²) in [5.74, 6) is 2.38.